The van der Waals surface area contributed by atoms with Crippen LogP contribution in [-0.4, -0.2) is 25.5 Å². The van der Waals surface area contributed by atoms with Crippen LogP contribution < -0.4 is 4.74 Å². The lowest BCUT2D eigenvalue weighted by molar-refractivity contribution is -0.142. The minimum absolute atomic E-state index is 0.143. The molecule has 0 amide bonds. The number of ketones is 1. The molecule has 0 fully saturated rings. The van der Waals surface area contributed by atoms with Crippen molar-refractivity contribution in [3.63, 3.8) is 0 Å². The number of hydrogen-bond acceptors (Lipinski definition) is 5. The van der Waals surface area contributed by atoms with Gasteiger partial charge in [-0.25, -0.2) is 4.79 Å². The van der Waals surface area contributed by atoms with Gasteiger partial charge in [0, 0.05) is 5.56 Å². The Kier molecular flexibility index (Phi) is 6.29. The molecule has 2 rings (SSSR count). The summed E-state index contributed by atoms with van der Waals surface area (Å²) in [6, 6.07) is 12.3. The van der Waals surface area contributed by atoms with E-state index in [9.17, 15) is 9.59 Å². The molecule has 132 valence electrons. The van der Waals surface area contributed by atoms with Gasteiger partial charge in [0.2, 0.25) is 0 Å². The van der Waals surface area contributed by atoms with Gasteiger partial charge in [-0.1, -0.05) is 6.08 Å². The van der Waals surface area contributed by atoms with Crippen molar-refractivity contribution in [2.45, 2.75) is 13.8 Å². The Morgan fingerprint density at radius 1 is 1.12 bits per heavy atom. The normalized spacial score (nSPS) is 10.4. The first kappa shape index (κ1) is 18.9. The number of carbonyl (C=O) groups is 2. The van der Waals surface area contributed by atoms with E-state index in [1.54, 1.807) is 30.3 Å². The number of hydrogen-bond donors (Lipinski definition) is 0. The summed E-state index contributed by atoms with van der Waals surface area (Å²) in [5.41, 5.74) is 3.61. The van der Waals surface area contributed by atoms with E-state index in [0.717, 1.165) is 16.7 Å². The summed E-state index contributed by atoms with van der Waals surface area (Å²) in [6.07, 6.45) is 3.22. The van der Waals surface area contributed by atoms with Crippen LogP contribution >= 0.6 is 0 Å². The van der Waals surface area contributed by atoms with Crippen LogP contribution in [0.2, 0.25) is 0 Å². The number of allylic oxidation sites excluding steroid dienone is 1. The van der Waals surface area contributed by atoms with Crippen LogP contribution in [-0.2, 0) is 9.53 Å². The summed E-state index contributed by atoms with van der Waals surface area (Å²) in [7, 11) is 1.31. The molecule has 0 unspecified atom stereocenters. The van der Waals surface area contributed by atoms with Gasteiger partial charge in [-0.3, -0.25) is 4.79 Å². The molecule has 5 nitrogen and oxygen atoms in total. The highest BCUT2D eigenvalue weighted by Gasteiger charge is 2.09. The van der Waals surface area contributed by atoms with Crippen LogP contribution in [0.4, 0.5) is 0 Å². The Morgan fingerprint density at radius 3 is 2.27 bits per heavy atom. The number of nitriles is 1. The third kappa shape index (κ3) is 4.81. The maximum Gasteiger partial charge on any atom is 0.343 e. The van der Waals surface area contributed by atoms with E-state index >= 15 is 0 Å². The van der Waals surface area contributed by atoms with Crippen molar-refractivity contribution in [3.8, 4) is 11.8 Å². The van der Waals surface area contributed by atoms with Gasteiger partial charge in [0.1, 0.15) is 5.75 Å². The molecule has 2 aromatic rings. The predicted molar refractivity (Wildman–Crippen MR) is 97.9 cm³/mol. The number of benzene rings is 2. The Bertz CT molecular complexity index is 866. The Morgan fingerprint density at radius 2 is 1.73 bits per heavy atom. The highest BCUT2D eigenvalue weighted by Crippen LogP contribution is 2.25. The summed E-state index contributed by atoms with van der Waals surface area (Å²) < 4.78 is 10.1. The fraction of sp³-hybridized carbons (Fsp3) is 0.190. The van der Waals surface area contributed by atoms with Crippen LogP contribution in [0.1, 0.15) is 32.6 Å². The van der Waals surface area contributed by atoms with Crippen LogP contribution in [0.25, 0.3) is 6.08 Å². The molecule has 26 heavy (non-hydrogen) atoms. The van der Waals surface area contributed by atoms with E-state index in [0.29, 0.717) is 16.9 Å². The number of aryl methyl sites for hydroxylation is 2. The molecule has 0 saturated heterocycles. The summed E-state index contributed by atoms with van der Waals surface area (Å²) in [5.74, 6) is 0.0440. The van der Waals surface area contributed by atoms with Gasteiger partial charge in [-0.15, -0.1) is 0 Å². The summed E-state index contributed by atoms with van der Waals surface area (Å²) in [4.78, 5) is 23.4. The fourth-order valence-electron chi connectivity index (χ4n) is 2.47. The smallest absolute Gasteiger partial charge is 0.343 e. The Hall–Kier alpha value is -3.39. The predicted octanol–water partition coefficient (Wildman–Crippen LogP) is 3.62. The van der Waals surface area contributed by atoms with Crippen LogP contribution in [0.3, 0.4) is 0 Å². The second-order valence-corrected chi connectivity index (χ2v) is 5.74. The van der Waals surface area contributed by atoms with Crippen molar-refractivity contribution < 1.29 is 19.1 Å². The van der Waals surface area contributed by atoms with Crippen molar-refractivity contribution in [1.82, 2.24) is 0 Å². The molecule has 5 heteroatoms. The molecule has 0 atom stereocenters. The van der Waals surface area contributed by atoms with Crippen LogP contribution in [0.15, 0.2) is 42.5 Å². The van der Waals surface area contributed by atoms with Gasteiger partial charge in [0.15, 0.2) is 12.4 Å². The highest BCUT2D eigenvalue weighted by atomic mass is 16.6. The van der Waals surface area contributed by atoms with E-state index in [1.807, 2.05) is 32.0 Å². The molecule has 0 bridgehead atoms. The van der Waals surface area contributed by atoms with E-state index < -0.39 is 5.97 Å². The second kappa shape index (κ2) is 8.63. The van der Waals surface area contributed by atoms with Crippen molar-refractivity contribution in [2.75, 3.05) is 13.7 Å². The quantitative estimate of drug-likeness (QED) is 0.452. The Labute approximate surface area is 152 Å². The number of carbonyl (C=O) groups excluding carboxylic acids is 2. The topological polar surface area (TPSA) is 76.4 Å². The maximum atomic E-state index is 12.2. The number of nitrogens with zero attached hydrogens (tertiary/aromatic N) is 1. The second-order valence-electron chi connectivity index (χ2n) is 5.74. The average Bonchev–Trinajstić information content (AvgIpc) is 2.65. The molecule has 0 heterocycles. The monoisotopic (exact) mass is 349 g/mol. The first-order valence-electron chi connectivity index (χ1n) is 7.98. The molecule has 0 saturated carbocycles. The number of ether oxygens (including phenoxy) is 2. The third-order valence-electron chi connectivity index (χ3n) is 3.77. The molecule has 0 aliphatic heterocycles. The third-order valence-corrected chi connectivity index (χ3v) is 3.77. The zero-order valence-electron chi connectivity index (χ0n) is 14.9. The van der Waals surface area contributed by atoms with E-state index in [-0.39, 0.29) is 12.4 Å². The van der Waals surface area contributed by atoms with Gasteiger partial charge in [-0.05, 0) is 73.0 Å². The zero-order chi connectivity index (χ0) is 19.1. The Balaban J connectivity index is 2.13. The molecular weight excluding hydrogens is 330 g/mol. The number of esters is 1. The highest BCUT2D eigenvalue weighted by molar-refractivity contribution is 6.06. The zero-order valence-corrected chi connectivity index (χ0v) is 14.9. The lowest BCUT2D eigenvalue weighted by Crippen LogP contribution is -2.13. The number of methoxy groups -OCH3 is 1. The molecule has 0 N–H and O–H groups in total. The van der Waals surface area contributed by atoms with Gasteiger partial charge < -0.3 is 9.47 Å². The summed E-state index contributed by atoms with van der Waals surface area (Å²) in [5, 5.41) is 8.79. The molecule has 2 aromatic carbocycles. The first-order valence-corrected chi connectivity index (χ1v) is 7.98. The minimum Gasteiger partial charge on any atom is -0.481 e. The van der Waals surface area contributed by atoms with Crippen molar-refractivity contribution in [1.29, 1.82) is 5.26 Å². The van der Waals surface area contributed by atoms with Crippen molar-refractivity contribution in [3.05, 3.63) is 70.3 Å². The molecule has 0 aromatic heterocycles. The summed E-state index contributed by atoms with van der Waals surface area (Å²) in [6.45, 7) is 3.60. The van der Waals surface area contributed by atoms with Gasteiger partial charge in [-0.2, -0.15) is 5.26 Å². The van der Waals surface area contributed by atoms with Gasteiger partial charge >= 0.3 is 5.97 Å². The SMILES string of the molecule is COC(=O)COc1c(C)cc(C=CC(=O)c2ccc(C#N)cc2)cc1C. The molecule has 0 aliphatic carbocycles. The molecule has 0 aliphatic rings. The first-order chi connectivity index (χ1) is 12.4. The average molecular weight is 349 g/mol. The molecule has 0 radical (unpaired) electrons. The van der Waals surface area contributed by atoms with Gasteiger partial charge in [0.25, 0.3) is 0 Å². The fourth-order valence-corrected chi connectivity index (χ4v) is 2.47. The largest absolute Gasteiger partial charge is 0.481 e. The van der Waals surface area contributed by atoms with Crippen LogP contribution in [0.5, 0.6) is 5.75 Å². The maximum absolute atomic E-state index is 12.2. The standard InChI is InChI=1S/C21H19NO4/c1-14-10-17(11-15(2)21(14)26-13-20(24)25-3)6-9-19(23)18-7-4-16(12-22)5-8-18/h4-11H,13H2,1-3H3. The molecular formula is C21H19NO4. The van der Waals surface area contributed by atoms with E-state index in [1.165, 1.54) is 13.2 Å². The van der Waals surface area contributed by atoms with Crippen LogP contribution in [0, 0.1) is 25.2 Å². The minimum atomic E-state index is -0.444. The lowest BCUT2D eigenvalue weighted by atomic mass is 10.0. The van der Waals surface area contributed by atoms with Gasteiger partial charge in [0.05, 0.1) is 18.7 Å². The molecule has 0 spiro atoms. The summed E-state index contributed by atoms with van der Waals surface area (Å²) >= 11 is 0. The number of rotatable bonds is 6. The lowest BCUT2D eigenvalue weighted by Gasteiger charge is -2.12. The van der Waals surface area contributed by atoms with Crippen molar-refractivity contribution >= 4 is 17.8 Å². The van der Waals surface area contributed by atoms with E-state index in [4.69, 9.17) is 10.00 Å². The van der Waals surface area contributed by atoms with Crippen molar-refractivity contribution in [2.24, 2.45) is 0 Å². The van der Waals surface area contributed by atoms with E-state index in [2.05, 4.69) is 4.74 Å².